The molecule has 1 aliphatic heterocycles. The van der Waals surface area contributed by atoms with Crippen LogP contribution in [0.25, 0.3) is 0 Å². The van der Waals surface area contributed by atoms with Crippen LogP contribution >= 0.6 is 0 Å². The standard InChI is InChI=1S/C14H19NO5S/c1-10-13(6-7-20-10)8-15-21(18,19)9-11-2-4-12(5-3-11)14(16)17/h2-5,10,13,15H,6-9H2,1H3,(H,16,17). The fourth-order valence-corrected chi connectivity index (χ4v) is 3.49. The molecule has 1 saturated heterocycles. The normalized spacial score (nSPS) is 22.3. The highest BCUT2D eigenvalue weighted by Crippen LogP contribution is 2.19. The van der Waals surface area contributed by atoms with Crippen LogP contribution in [0.1, 0.15) is 29.3 Å². The fraction of sp³-hybridized carbons (Fsp3) is 0.500. The molecule has 7 heteroatoms. The second-order valence-electron chi connectivity index (χ2n) is 5.23. The summed E-state index contributed by atoms with van der Waals surface area (Å²) in [5.74, 6) is -0.985. The van der Waals surface area contributed by atoms with E-state index in [2.05, 4.69) is 4.72 Å². The Labute approximate surface area is 124 Å². The summed E-state index contributed by atoms with van der Waals surface area (Å²) in [5, 5.41) is 8.80. The molecule has 2 unspecified atom stereocenters. The highest BCUT2D eigenvalue weighted by atomic mass is 32.2. The van der Waals surface area contributed by atoms with Crippen LogP contribution in [0.4, 0.5) is 0 Å². The lowest BCUT2D eigenvalue weighted by molar-refractivity contribution is 0.0697. The Morgan fingerprint density at radius 3 is 2.57 bits per heavy atom. The van der Waals surface area contributed by atoms with Crippen LogP contribution in [0.2, 0.25) is 0 Å². The largest absolute Gasteiger partial charge is 0.478 e. The molecule has 0 saturated carbocycles. The van der Waals surface area contributed by atoms with Gasteiger partial charge in [0.15, 0.2) is 0 Å². The lowest BCUT2D eigenvalue weighted by Crippen LogP contribution is -2.32. The fourth-order valence-electron chi connectivity index (χ4n) is 2.29. The van der Waals surface area contributed by atoms with Crippen molar-refractivity contribution in [2.24, 2.45) is 5.92 Å². The molecule has 1 aromatic carbocycles. The van der Waals surface area contributed by atoms with E-state index in [4.69, 9.17) is 9.84 Å². The number of carbonyl (C=O) groups is 1. The van der Waals surface area contributed by atoms with E-state index in [1.807, 2.05) is 6.92 Å². The summed E-state index contributed by atoms with van der Waals surface area (Å²) in [6, 6.07) is 5.84. The summed E-state index contributed by atoms with van der Waals surface area (Å²) in [6.07, 6.45) is 0.930. The first-order valence-electron chi connectivity index (χ1n) is 6.78. The maximum atomic E-state index is 12.0. The maximum Gasteiger partial charge on any atom is 0.335 e. The van der Waals surface area contributed by atoms with Crippen molar-refractivity contribution < 1.29 is 23.1 Å². The molecule has 0 radical (unpaired) electrons. The minimum absolute atomic E-state index is 0.0718. The summed E-state index contributed by atoms with van der Waals surface area (Å²) in [5.41, 5.74) is 0.698. The third-order valence-electron chi connectivity index (χ3n) is 3.66. The second kappa shape index (κ2) is 6.55. The predicted molar refractivity (Wildman–Crippen MR) is 77.5 cm³/mol. The average molecular weight is 313 g/mol. The third kappa shape index (κ3) is 4.52. The molecule has 116 valence electrons. The number of carboxylic acids is 1. The van der Waals surface area contributed by atoms with Crippen molar-refractivity contribution in [3.63, 3.8) is 0 Å². The molecule has 0 spiro atoms. The summed E-state index contributed by atoms with van der Waals surface area (Å²) >= 11 is 0. The summed E-state index contributed by atoms with van der Waals surface area (Å²) in [6.45, 7) is 2.98. The summed E-state index contributed by atoms with van der Waals surface area (Å²) in [4.78, 5) is 10.7. The van der Waals surface area contributed by atoms with Gasteiger partial charge in [0.05, 0.1) is 17.4 Å². The van der Waals surface area contributed by atoms with Crippen molar-refractivity contribution in [1.82, 2.24) is 4.72 Å². The molecule has 0 amide bonds. The molecule has 1 aromatic rings. The number of rotatable bonds is 6. The Balaban J connectivity index is 1.92. The molecular formula is C14H19NO5S. The van der Waals surface area contributed by atoms with Gasteiger partial charge in [-0.25, -0.2) is 17.9 Å². The first kappa shape index (κ1) is 15.9. The zero-order chi connectivity index (χ0) is 15.5. The van der Waals surface area contributed by atoms with Gasteiger partial charge >= 0.3 is 5.97 Å². The quantitative estimate of drug-likeness (QED) is 0.824. The van der Waals surface area contributed by atoms with Crippen molar-refractivity contribution >= 4 is 16.0 Å². The number of benzene rings is 1. The molecular weight excluding hydrogens is 294 g/mol. The summed E-state index contributed by atoms with van der Waals surface area (Å²) < 4.78 is 32.0. The van der Waals surface area contributed by atoms with E-state index in [-0.39, 0.29) is 23.3 Å². The number of ether oxygens (including phenoxy) is 1. The van der Waals surface area contributed by atoms with Crippen LogP contribution in [0.5, 0.6) is 0 Å². The number of nitrogens with one attached hydrogen (secondary N) is 1. The van der Waals surface area contributed by atoms with Gasteiger partial charge in [-0.3, -0.25) is 0 Å². The molecule has 2 atom stereocenters. The number of hydrogen-bond donors (Lipinski definition) is 2. The molecule has 0 aliphatic carbocycles. The number of aromatic carboxylic acids is 1. The molecule has 1 aliphatic rings. The van der Waals surface area contributed by atoms with Gasteiger partial charge < -0.3 is 9.84 Å². The van der Waals surface area contributed by atoms with E-state index in [0.717, 1.165) is 6.42 Å². The highest BCUT2D eigenvalue weighted by molar-refractivity contribution is 7.88. The molecule has 0 aromatic heterocycles. The van der Waals surface area contributed by atoms with Crippen LogP contribution in [-0.2, 0) is 20.5 Å². The van der Waals surface area contributed by atoms with Gasteiger partial charge in [-0.05, 0) is 31.0 Å². The minimum atomic E-state index is -3.43. The Bertz CT molecular complexity index is 596. The lowest BCUT2D eigenvalue weighted by atomic mass is 10.0. The first-order valence-corrected chi connectivity index (χ1v) is 8.44. The first-order chi connectivity index (χ1) is 9.87. The smallest absolute Gasteiger partial charge is 0.335 e. The minimum Gasteiger partial charge on any atom is -0.478 e. The Kier molecular flexibility index (Phi) is 4.97. The lowest BCUT2D eigenvalue weighted by Gasteiger charge is -2.15. The molecule has 0 bridgehead atoms. The number of sulfonamides is 1. The van der Waals surface area contributed by atoms with Crippen molar-refractivity contribution in [2.45, 2.75) is 25.2 Å². The van der Waals surface area contributed by atoms with Gasteiger partial charge in [-0.1, -0.05) is 12.1 Å². The van der Waals surface area contributed by atoms with Gasteiger partial charge in [-0.2, -0.15) is 0 Å². The zero-order valence-electron chi connectivity index (χ0n) is 11.8. The van der Waals surface area contributed by atoms with Crippen molar-refractivity contribution in [3.8, 4) is 0 Å². The van der Waals surface area contributed by atoms with E-state index in [0.29, 0.717) is 18.7 Å². The SMILES string of the molecule is CC1OCCC1CNS(=O)(=O)Cc1ccc(C(=O)O)cc1. The predicted octanol–water partition coefficient (Wildman–Crippen LogP) is 1.23. The Morgan fingerprint density at radius 2 is 2.05 bits per heavy atom. The van der Waals surface area contributed by atoms with E-state index in [1.54, 1.807) is 0 Å². The van der Waals surface area contributed by atoms with E-state index >= 15 is 0 Å². The van der Waals surface area contributed by atoms with Gasteiger partial charge in [0, 0.05) is 19.1 Å². The van der Waals surface area contributed by atoms with Crippen LogP contribution in [-0.4, -0.2) is 38.7 Å². The Morgan fingerprint density at radius 1 is 1.38 bits per heavy atom. The van der Waals surface area contributed by atoms with E-state index < -0.39 is 16.0 Å². The monoisotopic (exact) mass is 313 g/mol. The van der Waals surface area contributed by atoms with Crippen LogP contribution in [0, 0.1) is 5.92 Å². The molecule has 6 nitrogen and oxygen atoms in total. The molecule has 2 rings (SSSR count). The van der Waals surface area contributed by atoms with Gasteiger partial charge in [-0.15, -0.1) is 0 Å². The van der Waals surface area contributed by atoms with Crippen LogP contribution in [0.15, 0.2) is 24.3 Å². The highest BCUT2D eigenvalue weighted by Gasteiger charge is 2.25. The van der Waals surface area contributed by atoms with Crippen molar-refractivity contribution in [3.05, 3.63) is 35.4 Å². The molecule has 1 fully saturated rings. The van der Waals surface area contributed by atoms with E-state index in [9.17, 15) is 13.2 Å². The van der Waals surface area contributed by atoms with Crippen LogP contribution < -0.4 is 4.72 Å². The van der Waals surface area contributed by atoms with Crippen molar-refractivity contribution in [2.75, 3.05) is 13.2 Å². The van der Waals surface area contributed by atoms with Gasteiger partial charge in [0.2, 0.25) is 10.0 Å². The van der Waals surface area contributed by atoms with Crippen LogP contribution in [0.3, 0.4) is 0 Å². The number of carboxylic acid groups (broad SMARTS) is 1. The average Bonchev–Trinajstić information content (AvgIpc) is 2.82. The second-order valence-corrected chi connectivity index (χ2v) is 7.04. The van der Waals surface area contributed by atoms with Crippen molar-refractivity contribution in [1.29, 1.82) is 0 Å². The molecule has 2 N–H and O–H groups in total. The molecule has 1 heterocycles. The zero-order valence-corrected chi connectivity index (χ0v) is 12.6. The topological polar surface area (TPSA) is 92.7 Å². The van der Waals surface area contributed by atoms with Gasteiger partial charge in [0.1, 0.15) is 0 Å². The Hall–Kier alpha value is -1.44. The van der Waals surface area contributed by atoms with Gasteiger partial charge in [0.25, 0.3) is 0 Å². The number of hydrogen-bond acceptors (Lipinski definition) is 4. The summed E-state index contributed by atoms with van der Waals surface area (Å²) in [7, 11) is -3.43. The van der Waals surface area contributed by atoms with E-state index in [1.165, 1.54) is 24.3 Å². The third-order valence-corrected chi connectivity index (χ3v) is 4.98. The maximum absolute atomic E-state index is 12.0. The molecule has 21 heavy (non-hydrogen) atoms.